The number of aliphatic hydroxyl groups is 2. The molecule has 0 radical (unpaired) electrons. The van der Waals surface area contributed by atoms with Crippen molar-refractivity contribution in [3.05, 3.63) is 11.8 Å². The molecule has 0 bridgehead atoms. The van der Waals surface area contributed by atoms with Crippen LogP contribution in [0.4, 0.5) is 11.8 Å². The van der Waals surface area contributed by atoms with Crippen molar-refractivity contribution in [1.29, 1.82) is 0 Å². The standard InChI is InChI=1S/C12H22N4O2/c1-4-5-13-11-14-6-9(2)10(16-11)15-7-12(3,18)8-17/h6,17-18H,4-5,7-8H2,1-3H3,(H2,13,14,15,16). The molecule has 102 valence electrons. The van der Waals surface area contributed by atoms with Gasteiger partial charge in [-0.1, -0.05) is 6.92 Å². The van der Waals surface area contributed by atoms with E-state index in [9.17, 15) is 5.11 Å². The Balaban J connectivity index is 2.69. The summed E-state index contributed by atoms with van der Waals surface area (Å²) in [5.74, 6) is 1.23. The molecule has 1 aromatic rings. The van der Waals surface area contributed by atoms with Gasteiger partial charge in [0.25, 0.3) is 0 Å². The van der Waals surface area contributed by atoms with Crippen molar-refractivity contribution in [2.45, 2.75) is 32.8 Å². The summed E-state index contributed by atoms with van der Waals surface area (Å²) in [7, 11) is 0. The van der Waals surface area contributed by atoms with Crippen molar-refractivity contribution in [3.63, 3.8) is 0 Å². The quantitative estimate of drug-likeness (QED) is 0.574. The Hall–Kier alpha value is -1.40. The van der Waals surface area contributed by atoms with Gasteiger partial charge in [-0.25, -0.2) is 4.98 Å². The van der Waals surface area contributed by atoms with Gasteiger partial charge in [-0.2, -0.15) is 4.98 Å². The van der Waals surface area contributed by atoms with Crippen LogP contribution in [0.1, 0.15) is 25.8 Å². The van der Waals surface area contributed by atoms with Crippen molar-refractivity contribution in [2.24, 2.45) is 0 Å². The number of hydrogen-bond donors (Lipinski definition) is 4. The zero-order chi connectivity index (χ0) is 13.6. The molecule has 4 N–H and O–H groups in total. The lowest BCUT2D eigenvalue weighted by atomic mass is 10.1. The molecule has 0 spiro atoms. The minimum atomic E-state index is -1.16. The molecular weight excluding hydrogens is 232 g/mol. The Morgan fingerprint density at radius 2 is 2.11 bits per heavy atom. The van der Waals surface area contributed by atoms with Gasteiger partial charge in [0.1, 0.15) is 11.4 Å². The number of aromatic nitrogens is 2. The van der Waals surface area contributed by atoms with Gasteiger partial charge in [0, 0.05) is 24.8 Å². The average molecular weight is 254 g/mol. The Labute approximate surface area is 107 Å². The fraction of sp³-hybridized carbons (Fsp3) is 0.667. The fourth-order valence-corrected chi connectivity index (χ4v) is 1.27. The Morgan fingerprint density at radius 1 is 1.39 bits per heavy atom. The maximum atomic E-state index is 9.71. The highest BCUT2D eigenvalue weighted by Crippen LogP contribution is 2.14. The zero-order valence-electron chi connectivity index (χ0n) is 11.2. The lowest BCUT2D eigenvalue weighted by molar-refractivity contribution is 0.0131. The molecular formula is C12H22N4O2. The second-order valence-electron chi connectivity index (χ2n) is 4.66. The molecule has 1 aromatic heterocycles. The van der Waals surface area contributed by atoms with E-state index in [0.29, 0.717) is 11.8 Å². The number of nitrogens with zero attached hydrogens (tertiary/aromatic N) is 2. The smallest absolute Gasteiger partial charge is 0.224 e. The Bertz CT molecular complexity index is 382. The first-order valence-corrected chi connectivity index (χ1v) is 6.13. The zero-order valence-corrected chi connectivity index (χ0v) is 11.2. The SMILES string of the molecule is CCCNc1ncc(C)c(NCC(C)(O)CO)n1. The van der Waals surface area contributed by atoms with E-state index in [-0.39, 0.29) is 13.2 Å². The molecule has 1 heterocycles. The highest BCUT2D eigenvalue weighted by Gasteiger charge is 2.19. The normalized spacial score (nSPS) is 14.1. The monoisotopic (exact) mass is 254 g/mol. The molecule has 0 aromatic carbocycles. The second-order valence-corrected chi connectivity index (χ2v) is 4.66. The van der Waals surface area contributed by atoms with Crippen LogP contribution in [0.3, 0.4) is 0 Å². The van der Waals surface area contributed by atoms with E-state index in [4.69, 9.17) is 5.11 Å². The third kappa shape index (κ3) is 4.46. The van der Waals surface area contributed by atoms with Crippen molar-refractivity contribution in [1.82, 2.24) is 9.97 Å². The summed E-state index contributed by atoms with van der Waals surface area (Å²) < 4.78 is 0. The van der Waals surface area contributed by atoms with Crippen LogP contribution in [0.5, 0.6) is 0 Å². The third-order valence-corrected chi connectivity index (χ3v) is 2.48. The van der Waals surface area contributed by atoms with Crippen LogP contribution >= 0.6 is 0 Å². The molecule has 0 fully saturated rings. The van der Waals surface area contributed by atoms with E-state index >= 15 is 0 Å². The van der Waals surface area contributed by atoms with Gasteiger partial charge in [-0.15, -0.1) is 0 Å². The van der Waals surface area contributed by atoms with Gasteiger partial charge < -0.3 is 20.8 Å². The number of aliphatic hydroxyl groups excluding tert-OH is 1. The van der Waals surface area contributed by atoms with Crippen molar-refractivity contribution in [3.8, 4) is 0 Å². The predicted molar refractivity (Wildman–Crippen MR) is 71.7 cm³/mol. The van der Waals surface area contributed by atoms with Gasteiger partial charge in [-0.3, -0.25) is 0 Å². The summed E-state index contributed by atoms with van der Waals surface area (Å²) in [5.41, 5.74) is -0.264. The van der Waals surface area contributed by atoms with Crippen molar-refractivity contribution in [2.75, 3.05) is 30.3 Å². The van der Waals surface area contributed by atoms with Crippen LogP contribution < -0.4 is 10.6 Å². The molecule has 1 rings (SSSR count). The van der Waals surface area contributed by atoms with Crippen LogP contribution in [-0.4, -0.2) is 45.5 Å². The van der Waals surface area contributed by atoms with E-state index in [0.717, 1.165) is 18.5 Å². The molecule has 0 aliphatic heterocycles. The van der Waals surface area contributed by atoms with Gasteiger partial charge >= 0.3 is 0 Å². The largest absolute Gasteiger partial charge is 0.393 e. The third-order valence-electron chi connectivity index (χ3n) is 2.48. The van der Waals surface area contributed by atoms with Crippen LogP contribution in [0.25, 0.3) is 0 Å². The van der Waals surface area contributed by atoms with E-state index in [1.54, 1.807) is 13.1 Å². The van der Waals surface area contributed by atoms with Gasteiger partial charge in [-0.05, 0) is 20.3 Å². The molecule has 6 heteroatoms. The lowest BCUT2D eigenvalue weighted by Gasteiger charge is -2.21. The summed E-state index contributed by atoms with van der Waals surface area (Å²) in [4.78, 5) is 8.49. The van der Waals surface area contributed by atoms with E-state index < -0.39 is 5.60 Å². The number of hydrogen-bond acceptors (Lipinski definition) is 6. The summed E-state index contributed by atoms with van der Waals surface area (Å²) >= 11 is 0. The van der Waals surface area contributed by atoms with Gasteiger partial charge in [0.2, 0.25) is 5.95 Å². The van der Waals surface area contributed by atoms with Crippen LogP contribution in [-0.2, 0) is 0 Å². The lowest BCUT2D eigenvalue weighted by Crippen LogP contribution is -2.37. The number of aryl methyl sites for hydroxylation is 1. The van der Waals surface area contributed by atoms with Crippen LogP contribution in [0.2, 0.25) is 0 Å². The van der Waals surface area contributed by atoms with Crippen LogP contribution in [0, 0.1) is 6.92 Å². The second kappa shape index (κ2) is 6.51. The molecule has 1 unspecified atom stereocenters. The molecule has 0 aliphatic rings. The Kier molecular flexibility index (Phi) is 5.30. The van der Waals surface area contributed by atoms with E-state index in [1.165, 1.54) is 0 Å². The maximum Gasteiger partial charge on any atom is 0.224 e. The number of nitrogens with one attached hydrogen (secondary N) is 2. The summed E-state index contributed by atoms with van der Waals surface area (Å²) in [6.45, 7) is 6.27. The first-order chi connectivity index (χ1) is 8.48. The summed E-state index contributed by atoms with van der Waals surface area (Å²) in [6, 6.07) is 0. The summed E-state index contributed by atoms with van der Waals surface area (Å²) in [6.07, 6.45) is 2.72. The molecule has 0 aliphatic carbocycles. The fourth-order valence-electron chi connectivity index (χ4n) is 1.27. The minimum Gasteiger partial charge on any atom is -0.393 e. The first kappa shape index (κ1) is 14.7. The van der Waals surface area contributed by atoms with Crippen molar-refractivity contribution >= 4 is 11.8 Å². The Morgan fingerprint density at radius 3 is 2.72 bits per heavy atom. The molecule has 0 saturated heterocycles. The van der Waals surface area contributed by atoms with E-state index in [2.05, 4.69) is 27.5 Å². The number of rotatable bonds is 7. The minimum absolute atomic E-state index is 0.231. The molecule has 1 atom stereocenters. The van der Waals surface area contributed by atoms with Crippen molar-refractivity contribution < 1.29 is 10.2 Å². The van der Waals surface area contributed by atoms with E-state index in [1.807, 2.05) is 6.92 Å². The summed E-state index contributed by atoms with van der Waals surface area (Å²) in [5, 5.41) is 24.8. The van der Waals surface area contributed by atoms with Gasteiger partial charge in [0.15, 0.2) is 0 Å². The maximum absolute atomic E-state index is 9.71. The molecule has 0 amide bonds. The average Bonchev–Trinajstić information content (AvgIpc) is 2.36. The van der Waals surface area contributed by atoms with Gasteiger partial charge in [0.05, 0.1) is 6.61 Å². The predicted octanol–water partition coefficient (Wildman–Crippen LogP) is 0.762. The number of anilines is 2. The highest BCUT2D eigenvalue weighted by molar-refractivity contribution is 5.46. The first-order valence-electron chi connectivity index (χ1n) is 6.13. The molecule has 6 nitrogen and oxygen atoms in total. The molecule has 18 heavy (non-hydrogen) atoms. The van der Waals surface area contributed by atoms with Crippen LogP contribution in [0.15, 0.2) is 6.20 Å². The molecule has 0 saturated carbocycles. The highest BCUT2D eigenvalue weighted by atomic mass is 16.3. The topological polar surface area (TPSA) is 90.3 Å².